The Balaban J connectivity index is 0.000000162. The van der Waals surface area contributed by atoms with Crippen LogP contribution in [-0.4, -0.2) is 52.0 Å². The van der Waals surface area contributed by atoms with E-state index in [1.165, 1.54) is 0 Å². The van der Waals surface area contributed by atoms with Gasteiger partial charge in [-0.05, 0) is 65.1 Å². The highest BCUT2D eigenvalue weighted by atomic mass is 35.5. The number of carbonyl (C=O) groups is 3. The molecule has 52 heavy (non-hydrogen) atoms. The van der Waals surface area contributed by atoms with Crippen LogP contribution in [0.25, 0.3) is 44.8 Å². The molecule has 0 saturated heterocycles. The number of hydrogen-bond acceptors (Lipinski definition) is 4. The van der Waals surface area contributed by atoms with Gasteiger partial charge in [0.25, 0.3) is 11.8 Å². The number of amides is 2. The Labute approximate surface area is 311 Å². The molecule has 2 aliphatic rings. The van der Waals surface area contributed by atoms with Crippen LogP contribution in [0, 0.1) is 0 Å². The summed E-state index contributed by atoms with van der Waals surface area (Å²) in [6.07, 6.45) is 1.83. The molecule has 3 N–H and O–H groups in total. The Bertz CT molecular complexity index is 2250. The van der Waals surface area contributed by atoms with Crippen LogP contribution in [0.4, 0.5) is 0 Å². The van der Waals surface area contributed by atoms with Crippen molar-refractivity contribution in [3.05, 3.63) is 143 Å². The lowest BCUT2D eigenvalue weighted by atomic mass is 10.0. The lowest BCUT2D eigenvalue weighted by Crippen LogP contribution is -2.39. The third-order valence-electron chi connectivity index (χ3n) is 9.46. The van der Waals surface area contributed by atoms with Crippen molar-refractivity contribution in [2.75, 3.05) is 19.7 Å². The number of aliphatic hydroxyl groups excluding tert-OH is 1. The van der Waals surface area contributed by atoms with Crippen molar-refractivity contribution < 1.29 is 19.5 Å². The Morgan fingerprint density at radius 2 is 1.06 bits per heavy atom. The average molecular weight is 732 g/mol. The molecule has 2 aliphatic heterocycles. The number of hydrogen-bond donors (Lipinski definition) is 3. The Morgan fingerprint density at radius 1 is 0.615 bits per heavy atom. The van der Waals surface area contributed by atoms with E-state index in [0.29, 0.717) is 47.4 Å². The summed E-state index contributed by atoms with van der Waals surface area (Å²) in [5.74, 6) is -0.220. The van der Waals surface area contributed by atoms with Crippen LogP contribution in [0.2, 0.25) is 10.0 Å². The van der Waals surface area contributed by atoms with Crippen LogP contribution in [0.1, 0.15) is 45.9 Å². The lowest BCUT2D eigenvalue weighted by molar-refractivity contribution is -0.108. The van der Waals surface area contributed by atoms with E-state index >= 15 is 0 Å². The van der Waals surface area contributed by atoms with Gasteiger partial charge in [0.1, 0.15) is 17.7 Å². The summed E-state index contributed by atoms with van der Waals surface area (Å²) in [5.41, 5.74) is 8.94. The number of halogens is 2. The first-order chi connectivity index (χ1) is 25.4. The predicted octanol–water partition coefficient (Wildman–Crippen LogP) is 8.49. The summed E-state index contributed by atoms with van der Waals surface area (Å²) in [4.78, 5) is 36.2. The van der Waals surface area contributed by atoms with E-state index in [0.717, 1.165) is 51.1 Å². The van der Waals surface area contributed by atoms with Crippen LogP contribution >= 0.6 is 23.2 Å². The van der Waals surface area contributed by atoms with E-state index in [9.17, 15) is 19.5 Å². The molecule has 0 aliphatic carbocycles. The van der Waals surface area contributed by atoms with Gasteiger partial charge in [0.15, 0.2) is 0 Å². The van der Waals surface area contributed by atoms with Gasteiger partial charge in [-0.2, -0.15) is 0 Å². The molecule has 2 amide bonds. The minimum absolute atomic E-state index is 0.0100. The van der Waals surface area contributed by atoms with Gasteiger partial charge < -0.3 is 29.7 Å². The van der Waals surface area contributed by atoms with Gasteiger partial charge in [-0.3, -0.25) is 9.59 Å². The molecule has 262 valence electrons. The lowest BCUT2D eigenvalue weighted by Gasteiger charge is -2.28. The van der Waals surface area contributed by atoms with Crippen LogP contribution < -0.4 is 10.6 Å². The molecule has 6 aromatic rings. The molecule has 4 aromatic carbocycles. The van der Waals surface area contributed by atoms with Crippen molar-refractivity contribution in [2.45, 2.75) is 24.9 Å². The Kier molecular flexibility index (Phi) is 10.4. The molecule has 0 spiro atoms. The molecule has 0 radical (unpaired) electrons. The molecule has 0 fully saturated rings. The molecule has 0 bridgehead atoms. The predicted molar refractivity (Wildman–Crippen MR) is 206 cm³/mol. The smallest absolute Gasteiger partial charge is 0.268 e. The fourth-order valence-corrected chi connectivity index (χ4v) is 7.54. The van der Waals surface area contributed by atoms with Gasteiger partial charge in [0.2, 0.25) is 0 Å². The summed E-state index contributed by atoms with van der Waals surface area (Å²) in [6, 6.07) is 38.9. The van der Waals surface area contributed by atoms with Crippen molar-refractivity contribution in [1.82, 2.24) is 19.8 Å². The zero-order valence-corrected chi connectivity index (χ0v) is 29.6. The van der Waals surface area contributed by atoms with Crippen LogP contribution in [0.5, 0.6) is 0 Å². The maximum Gasteiger partial charge on any atom is 0.268 e. The molecule has 0 saturated carbocycles. The Hall–Kier alpha value is -5.41. The van der Waals surface area contributed by atoms with E-state index in [-0.39, 0.29) is 30.5 Å². The highest BCUT2D eigenvalue weighted by Gasteiger charge is 2.32. The first kappa shape index (κ1) is 35.0. The molecule has 8 nitrogen and oxygen atoms in total. The van der Waals surface area contributed by atoms with Crippen molar-refractivity contribution in [3.8, 4) is 44.8 Å². The van der Waals surface area contributed by atoms with Gasteiger partial charge in [-0.1, -0.05) is 108 Å². The number of aromatic nitrogens is 2. The van der Waals surface area contributed by atoms with Gasteiger partial charge in [-0.25, -0.2) is 0 Å². The molecule has 8 rings (SSSR count). The number of aliphatic hydroxyl groups is 1. The van der Waals surface area contributed by atoms with Gasteiger partial charge in [-0.15, -0.1) is 0 Å². The average Bonchev–Trinajstić information content (AvgIpc) is 3.77. The maximum atomic E-state index is 12.5. The van der Waals surface area contributed by atoms with E-state index in [4.69, 9.17) is 23.2 Å². The zero-order chi connectivity index (χ0) is 36.2. The van der Waals surface area contributed by atoms with Crippen LogP contribution in [-0.2, 0) is 4.79 Å². The van der Waals surface area contributed by atoms with E-state index < -0.39 is 0 Å². The van der Waals surface area contributed by atoms with E-state index in [1.807, 2.05) is 126 Å². The molecule has 2 unspecified atom stereocenters. The van der Waals surface area contributed by atoms with Gasteiger partial charge in [0.05, 0.1) is 23.5 Å². The second-order valence-corrected chi connectivity index (χ2v) is 13.6. The highest BCUT2D eigenvalue weighted by Crippen LogP contribution is 2.41. The fourth-order valence-electron chi connectivity index (χ4n) is 7.16. The number of aldehydes is 1. The first-order valence-electron chi connectivity index (χ1n) is 17.1. The number of benzene rings is 4. The number of nitrogens with zero attached hydrogens (tertiary/aromatic N) is 2. The summed E-state index contributed by atoms with van der Waals surface area (Å²) < 4.78 is 4.07. The maximum absolute atomic E-state index is 12.5. The SMILES string of the molecule is O=C1NCC(CCO)n2c1cc(-c1cccc(Cl)c1)c2-c1ccccc1.O=CCC1CNC(=O)c2cc(-c3cccc(Cl)c3)c(-c3ccccc3)n21. The first-order valence-corrected chi connectivity index (χ1v) is 17.9. The number of fused-ring (bicyclic) bond motifs is 2. The number of carbonyl (C=O) groups excluding carboxylic acids is 3. The van der Waals surface area contributed by atoms with E-state index in [2.05, 4.69) is 15.2 Å². The molecule has 2 aromatic heterocycles. The van der Waals surface area contributed by atoms with Crippen molar-refractivity contribution in [2.24, 2.45) is 0 Å². The summed E-state index contributed by atoms with van der Waals surface area (Å²) in [7, 11) is 0. The molecular formula is C42H36Cl2N4O4. The molecule has 10 heteroatoms. The highest BCUT2D eigenvalue weighted by molar-refractivity contribution is 6.31. The minimum atomic E-state index is -0.127. The van der Waals surface area contributed by atoms with Crippen molar-refractivity contribution >= 4 is 41.3 Å². The largest absolute Gasteiger partial charge is 0.396 e. The minimum Gasteiger partial charge on any atom is -0.396 e. The third kappa shape index (κ3) is 6.93. The van der Waals surface area contributed by atoms with Crippen LogP contribution in [0.3, 0.4) is 0 Å². The topological polar surface area (TPSA) is 105 Å². The molecular weight excluding hydrogens is 695 g/mol. The quantitative estimate of drug-likeness (QED) is 0.137. The monoisotopic (exact) mass is 730 g/mol. The van der Waals surface area contributed by atoms with Crippen LogP contribution in [0.15, 0.2) is 121 Å². The third-order valence-corrected chi connectivity index (χ3v) is 9.93. The summed E-state index contributed by atoms with van der Waals surface area (Å²) in [6.45, 7) is 1.02. The fraction of sp³-hybridized carbons (Fsp3) is 0.167. The van der Waals surface area contributed by atoms with Crippen molar-refractivity contribution in [3.63, 3.8) is 0 Å². The van der Waals surface area contributed by atoms with E-state index in [1.54, 1.807) is 0 Å². The zero-order valence-electron chi connectivity index (χ0n) is 28.1. The summed E-state index contributed by atoms with van der Waals surface area (Å²) >= 11 is 12.4. The summed E-state index contributed by atoms with van der Waals surface area (Å²) in [5, 5.41) is 16.6. The second-order valence-electron chi connectivity index (χ2n) is 12.7. The number of nitrogens with one attached hydrogen (secondary N) is 2. The van der Waals surface area contributed by atoms with Crippen molar-refractivity contribution in [1.29, 1.82) is 0 Å². The Morgan fingerprint density at radius 3 is 1.50 bits per heavy atom. The second kappa shape index (κ2) is 15.5. The normalized spacial score (nSPS) is 16.1. The molecule has 2 atom stereocenters. The van der Waals surface area contributed by atoms with Gasteiger partial charge >= 0.3 is 0 Å². The standard InChI is InChI=1S/C21H19ClN2O2.C21H17ClN2O2/c2*22-16-8-4-7-15(11-16)18-12-19-21(26)23-13-17(9-10-25)24(19)20(18)14-5-2-1-3-6-14/h1-8,11-12,17,25H,9-10,13H2,(H,23,26);1-8,10-12,17H,9,13H2,(H,23,26). The number of rotatable bonds is 8. The van der Waals surface area contributed by atoms with Gasteiger partial charge in [0, 0.05) is 47.3 Å². The molecule has 4 heterocycles.